The minimum atomic E-state index is 0.0873. The summed E-state index contributed by atoms with van der Waals surface area (Å²) in [4.78, 5) is 29.5. The first-order chi connectivity index (χ1) is 15.7. The second-order valence-electron chi connectivity index (χ2n) is 9.72. The first kappa shape index (κ1) is 20.0. The summed E-state index contributed by atoms with van der Waals surface area (Å²) in [6.45, 7) is 2.15. The Labute approximate surface area is 192 Å². The van der Waals surface area contributed by atoms with Crippen molar-refractivity contribution in [2.75, 3.05) is 13.1 Å². The van der Waals surface area contributed by atoms with Crippen molar-refractivity contribution in [1.29, 1.82) is 0 Å². The summed E-state index contributed by atoms with van der Waals surface area (Å²) in [6, 6.07) is 15.0. The molecule has 0 unspecified atom stereocenters. The summed E-state index contributed by atoms with van der Waals surface area (Å²) in [6.07, 6.45) is 6.99. The lowest BCUT2D eigenvalue weighted by molar-refractivity contribution is 0.127. The molecule has 2 amide bonds. The number of rotatable bonds is 2. The van der Waals surface area contributed by atoms with Crippen LogP contribution < -0.4 is 10.9 Å². The maximum absolute atomic E-state index is 13.5. The molecule has 3 aliphatic rings. The number of pyridine rings is 1. The van der Waals surface area contributed by atoms with Gasteiger partial charge in [0.1, 0.15) is 0 Å². The van der Waals surface area contributed by atoms with Crippen molar-refractivity contribution < 1.29 is 4.79 Å². The zero-order valence-corrected chi connectivity index (χ0v) is 19.1. The number of likely N-dealkylation sites (tertiary alicyclic amines) is 1. The molecule has 2 atom stereocenters. The van der Waals surface area contributed by atoms with Gasteiger partial charge in [-0.15, -0.1) is 11.3 Å². The van der Waals surface area contributed by atoms with Crippen molar-refractivity contribution in [2.24, 2.45) is 5.92 Å². The molecule has 1 saturated carbocycles. The second-order valence-corrected chi connectivity index (χ2v) is 10.8. The van der Waals surface area contributed by atoms with Crippen LogP contribution in [0.3, 0.4) is 0 Å². The Morgan fingerprint density at radius 3 is 2.69 bits per heavy atom. The van der Waals surface area contributed by atoms with Gasteiger partial charge in [0.05, 0.1) is 5.56 Å². The normalized spacial score (nSPS) is 23.2. The number of carbonyl (C=O) groups is 1. The number of thiophene rings is 1. The molecule has 0 radical (unpaired) electrons. The molecule has 2 bridgehead atoms. The number of aromatic nitrogens is 1. The molecule has 3 aromatic rings. The molecule has 1 N–H and O–H groups in total. The fourth-order valence-electron chi connectivity index (χ4n) is 5.93. The molecule has 166 valence electrons. The molecule has 1 aliphatic carbocycles. The zero-order chi connectivity index (χ0) is 21.7. The summed E-state index contributed by atoms with van der Waals surface area (Å²) in [5.41, 5.74) is 2.00. The molecule has 0 spiro atoms. The SMILES string of the molecule is O=C(NC1CCCCC1)N1C[C@H]2C[C@H](C1)c1ccc(-c3cc4ccccc4s3)c(=O)n1C2. The van der Waals surface area contributed by atoms with Gasteiger partial charge in [0.15, 0.2) is 0 Å². The topological polar surface area (TPSA) is 54.3 Å². The molecule has 1 saturated heterocycles. The standard InChI is InChI=1S/C26H29N3O2S/c30-25-21(24-13-18-6-4-5-9-23(18)32-24)10-11-22-19-12-17(15-29(22)25)14-28(16-19)26(31)27-20-7-2-1-3-8-20/h4-6,9-11,13,17,19-20H,1-3,7-8,12,14-16H2,(H,27,31)/t17-,19-/m1/s1. The second kappa shape index (κ2) is 8.07. The lowest BCUT2D eigenvalue weighted by Gasteiger charge is -2.43. The Kier molecular flexibility index (Phi) is 5.05. The molecule has 2 fully saturated rings. The van der Waals surface area contributed by atoms with Crippen molar-refractivity contribution in [1.82, 2.24) is 14.8 Å². The van der Waals surface area contributed by atoms with E-state index >= 15 is 0 Å². The van der Waals surface area contributed by atoms with E-state index in [-0.39, 0.29) is 17.5 Å². The van der Waals surface area contributed by atoms with Crippen LogP contribution in [0.1, 0.15) is 50.1 Å². The van der Waals surface area contributed by atoms with Crippen LogP contribution in [0.2, 0.25) is 0 Å². The summed E-state index contributed by atoms with van der Waals surface area (Å²) in [5.74, 6) is 0.581. The number of urea groups is 1. The highest BCUT2D eigenvalue weighted by molar-refractivity contribution is 7.22. The molecule has 6 heteroatoms. The van der Waals surface area contributed by atoms with Crippen molar-refractivity contribution in [2.45, 2.75) is 57.0 Å². The third-order valence-electron chi connectivity index (χ3n) is 7.52. The van der Waals surface area contributed by atoms with E-state index in [4.69, 9.17) is 0 Å². The third-order valence-corrected chi connectivity index (χ3v) is 8.66. The Balaban J connectivity index is 1.25. The van der Waals surface area contributed by atoms with E-state index in [1.54, 1.807) is 11.3 Å². The molecule has 6 rings (SSSR count). The first-order valence-electron chi connectivity index (χ1n) is 11.9. The molecule has 2 aromatic heterocycles. The van der Waals surface area contributed by atoms with Crippen LogP contribution in [0, 0.1) is 5.92 Å². The van der Waals surface area contributed by atoms with E-state index in [2.05, 4.69) is 29.6 Å². The number of carbonyl (C=O) groups excluding carboxylic acids is 1. The van der Waals surface area contributed by atoms with Gasteiger partial charge >= 0.3 is 6.03 Å². The number of fused-ring (bicyclic) bond motifs is 5. The molecule has 5 nitrogen and oxygen atoms in total. The predicted molar refractivity (Wildman–Crippen MR) is 129 cm³/mol. The maximum Gasteiger partial charge on any atom is 0.317 e. The van der Waals surface area contributed by atoms with Gasteiger partial charge in [0, 0.05) is 46.9 Å². The van der Waals surface area contributed by atoms with Crippen molar-refractivity contribution in [3.05, 3.63) is 58.5 Å². The highest BCUT2D eigenvalue weighted by Gasteiger charge is 2.37. The van der Waals surface area contributed by atoms with Gasteiger partial charge in [0.25, 0.3) is 5.56 Å². The summed E-state index contributed by atoms with van der Waals surface area (Å²) < 4.78 is 3.20. The first-order valence-corrected chi connectivity index (χ1v) is 12.8. The smallest absolute Gasteiger partial charge is 0.317 e. The predicted octanol–water partition coefficient (Wildman–Crippen LogP) is 5.19. The van der Waals surface area contributed by atoms with E-state index in [0.29, 0.717) is 25.0 Å². The zero-order valence-electron chi connectivity index (χ0n) is 18.3. The van der Waals surface area contributed by atoms with E-state index in [9.17, 15) is 9.59 Å². The van der Waals surface area contributed by atoms with Gasteiger partial charge in [-0.25, -0.2) is 4.79 Å². The highest BCUT2D eigenvalue weighted by atomic mass is 32.1. The van der Waals surface area contributed by atoms with Crippen molar-refractivity contribution in [3.8, 4) is 10.4 Å². The largest absolute Gasteiger partial charge is 0.335 e. The Hall–Kier alpha value is -2.60. The molecule has 32 heavy (non-hydrogen) atoms. The van der Waals surface area contributed by atoms with Crippen LogP contribution >= 0.6 is 11.3 Å². The van der Waals surface area contributed by atoms with Gasteiger partial charge in [-0.1, -0.05) is 37.5 Å². The summed E-state index contributed by atoms with van der Waals surface area (Å²) in [7, 11) is 0. The number of hydrogen-bond donors (Lipinski definition) is 1. The number of benzene rings is 1. The van der Waals surface area contributed by atoms with E-state index in [0.717, 1.165) is 41.9 Å². The van der Waals surface area contributed by atoms with E-state index in [1.165, 1.54) is 29.3 Å². The van der Waals surface area contributed by atoms with E-state index in [1.807, 2.05) is 27.7 Å². The van der Waals surface area contributed by atoms with Gasteiger partial charge < -0.3 is 14.8 Å². The van der Waals surface area contributed by atoms with E-state index < -0.39 is 0 Å². The lowest BCUT2D eigenvalue weighted by Crippen LogP contribution is -2.53. The van der Waals surface area contributed by atoms with Crippen LogP contribution in [-0.2, 0) is 6.54 Å². The number of amides is 2. The Bertz CT molecular complexity index is 1190. The van der Waals surface area contributed by atoms with Crippen LogP contribution in [0.5, 0.6) is 0 Å². The average Bonchev–Trinajstić information content (AvgIpc) is 3.24. The van der Waals surface area contributed by atoms with Gasteiger partial charge in [-0.3, -0.25) is 4.79 Å². The highest BCUT2D eigenvalue weighted by Crippen LogP contribution is 2.37. The fourth-order valence-corrected chi connectivity index (χ4v) is 7.01. The number of hydrogen-bond acceptors (Lipinski definition) is 3. The molecular formula is C26H29N3O2S. The molecule has 4 heterocycles. The minimum Gasteiger partial charge on any atom is -0.335 e. The van der Waals surface area contributed by atoms with Crippen LogP contribution in [-0.4, -0.2) is 34.6 Å². The Morgan fingerprint density at radius 1 is 1.00 bits per heavy atom. The lowest BCUT2D eigenvalue weighted by atomic mass is 9.83. The average molecular weight is 448 g/mol. The van der Waals surface area contributed by atoms with Gasteiger partial charge in [0.2, 0.25) is 0 Å². The minimum absolute atomic E-state index is 0.0873. The molecular weight excluding hydrogens is 418 g/mol. The van der Waals surface area contributed by atoms with Crippen LogP contribution in [0.25, 0.3) is 20.5 Å². The van der Waals surface area contributed by atoms with Crippen molar-refractivity contribution >= 4 is 27.5 Å². The van der Waals surface area contributed by atoms with Gasteiger partial charge in [-0.05, 0) is 54.8 Å². The van der Waals surface area contributed by atoms with Crippen molar-refractivity contribution in [3.63, 3.8) is 0 Å². The Morgan fingerprint density at radius 2 is 1.84 bits per heavy atom. The fraction of sp³-hybridized carbons (Fsp3) is 0.462. The molecule has 1 aromatic carbocycles. The number of nitrogens with zero attached hydrogens (tertiary/aromatic N) is 2. The summed E-state index contributed by atoms with van der Waals surface area (Å²) in [5, 5.41) is 4.46. The summed E-state index contributed by atoms with van der Waals surface area (Å²) >= 11 is 1.68. The molecule has 2 aliphatic heterocycles. The van der Waals surface area contributed by atoms with Gasteiger partial charge in [-0.2, -0.15) is 0 Å². The number of piperidine rings is 1. The quantitative estimate of drug-likeness (QED) is 0.588. The van der Waals surface area contributed by atoms with Crippen LogP contribution in [0.15, 0.2) is 47.3 Å². The number of nitrogens with one attached hydrogen (secondary N) is 1. The third kappa shape index (κ3) is 3.54. The maximum atomic E-state index is 13.5. The van der Waals surface area contributed by atoms with Crippen LogP contribution in [0.4, 0.5) is 4.79 Å². The monoisotopic (exact) mass is 447 g/mol.